The van der Waals surface area contributed by atoms with Crippen LogP contribution in [0, 0.1) is 0 Å². The van der Waals surface area contributed by atoms with Gasteiger partial charge < -0.3 is 5.32 Å². The van der Waals surface area contributed by atoms with Crippen LogP contribution in [0.1, 0.15) is 45.0 Å². The average molecular weight is 347 g/mol. The Labute approximate surface area is 145 Å². The van der Waals surface area contributed by atoms with E-state index in [-0.39, 0.29) is 17.2 Å². The molecular weight excluding hydrogens is 326 g/mol. The number of hydrogen-bond acceptors (Lipinski definition) is 6. The summed E-state index contributed by atoms with van der Waals surface area (Å²) in [5, 5.41) is 14.6. The highest BCUT2D eigenvalue weighted by Gasteiger charge is 2.24. The topological polar surface area (TPSA) is 89.8 Å². The zero-order valence-corrected chi connectivity index (χ0v) is 15.2. The van der Waals surface area contributed by atoms with E-state index in [1.807, 2.05) is 20.8 Å². The Hall–Kier alpha value is -2.22. The first kappa shape index (κ1) is 18.1. The normalized spacial score (nSPS) is 12.7. The van der Waals surface area contributed by atoms with Crippen molar-refractivity contribution in [2.24, 2.45) is 0 Å². The van der Waals surface area contributed by atoms with E-state index in [1.54, 1.807) is 35.9 Å². The Balaban J connectivity index is 2.12. The van der Waals surface area contributed by atoms with Gasteiger partial charge in [-0.15, -0.1) is 5.10 Å². The van der Waals surface area contributed by atoms with E-state index in [0.29, 0.717) is 16.4 Å². The summed E-state index contributed by atoms with van der Waals surface area (Å²) >= 11 is 1.28. The molecule has 8 heteroatoms. The second-order valence-corrected chi connectivity index (χ2v) is 7.70. The molecule has 1 atom stereocenters. The summed E-state index contributed by atoms with van der Waals surface area (Å²) in [5.41, 5.74) is 0.726. The molecule has 7 nitrogen and oxygen atoms in total. The Morgan fingerprint density at radius 1 is 1.25 bits per heavy atom. The Kier molecular flexibility index (Phi) is 5.38. The van der Waals surface area contributed by atoms with Crippen molar-refractivity contribution in [1.82, 2.24) is 20.2 Å². The molecule has 0 aliphatic carbocycles. The molecule has 0 aliphatic heterocycles. The maximum absolute atomic E-state index is 12.5. The Morgan fingerprint density at radius 3 is 2.54 bits per heavy atom. The van der Waals surface area contributed by atoms with Crippen LogP contribution in [0.3, 0.4) is 0 Å². The SMILES string of the molecule is CC(=O)c1ccccc1NC(=O)[C@@H](C)Sc1nnnn1C(C)(C)C. The van der Waals surface area contributed by atoms with E-state index in [0.717, 1.165) is 0 Å². The van der Waals surface area contributed by atoms with Crippen molar-refractivity contribution in [3.05, 3.63) is 29.8 Å². The van der Waals surface area contributed by atoms with E-state index in [2.05, 4.69) is 20.8 Å². The third kappa shape index (κ3) is 4.19. The van der Waals surface area contributed by atoms with Crippen molar-refractivity contribution in [2.75, 3.05) is 5.32 Å². The lowest BCUT2D eigenvalue weighted by Gasteiger charge is -2.20. The smallest absolute Gasteiger partial charge is 0.237 e. The number of Topliss-reactive ketones (excluding diaryl/α,β-unsaturated/α-hetero) is 1. The average Bonchev–Trinajstić information content (AvgIpc) is 2.95. The van der Waals surface area contributed by atoms with Gasteiger partial charge in [0.2, 0.25) is 11.1 Å². The van der Waals surface area contributed by atoms with Crippen molar-refractivity contribution < 1.29 is 9.59 Å². The van der Waals surface area contributed by atoms with Crippen molar-refractivity contribution in [3.8, 4) is 0 Å². The van der Waals surface area contributed by atoms with Crippen molar-refractivity contribution >= 4 is 29.1 Å². The molecule has 0 aliphatic rings. The van der Waals surface area contributed by atoms with Crippen molar-refractivity contribution in [2.45, 2.75) is 50.6 Å². The van der Waals surface area contributed by atoms with Gasteiger partial charge in [0.15, 0.2) is 5.78 Å². The molecule has 2 aromatic rings. The van der Waals surface area contributed by atoms with Gasteiger partial charge in [-0.3, -0.25) is 9.59 Å². The molecule has 2 rings (SSSR count). The molecule has 0 bridgehead atoms. The van der Waals surface area contributed by atoms with E-state index in [4.69, 9.17) is 0 Å². The maximum Gasteiger partial charge on any atom is 0.237 e. The second-order valence-electron chi connectivity index (χ2n) is 6.40. The summed E-state index contributed by atoms with van der Waals surface area (Å²) in [6.07, 6.45) is 0. The van der Waals surface area contributed by atoms with Gasteiger partial charge in [-0.25, -0.2) is 4.68 Å². The molecule has 0 spiro atoms. The van der Waals surface area contributed by atoms with Crippen molar-refractivity contribution in [3.63, 3.8) is 0 Å². The summed E-state index contributed by atoms with van der Waals surface area (Å²) in [6.45, 7) is 9.21. The summed E-state index contributed by atoms with van der Waals surface area (Å²) in [7, 11) is 0. The number of amides is 1. The molecule has 1 heterocycles. The van der Waals surface area contributed by atoms with Crippen LogP contribution in [0.25, 0.3) is 0 Å². The lowest BCUT2D eigenvalue weighted by molar-refractivity contribution is -0.115. The van der Waals surface area contributed by atoms with Crippen LogP contribution in [0.2, 0.25) is 0 Å². The zero-order chi connectivity index (χ0) is 17.9. The quantitative estimate of drug-likeness (QED) is 0.661. The molecule has 0 saturated carbocycles. The molecule has 24 heavy (non-hydrogen) atoms. The summed E-state index contributed by atoms with van der Waals surface area (Å²) in [4.78, 5) is 24.1. The number of anilines is 1. The van der Waals surface area contributed by atoms with E-state index in [1.165, 1.54) is 18.7 Å². The first-order valence-electron chi connectivity index (χ1n) is 7.56. The largest absolute Gasteiger partial charge is 0.324 e. The minimum atomic E-state index is -0.419. The molecule has 128 valence electrons. The van der Waals surface area contributed by atoms with Crippen LogP contribution in [-0.4, -0.2) is 37.1 Å². The first-order valence-corrected chi connectivity index (χ1v) is 8.44. The minimum absolute atomic E-state index is 0.0946. The van der Waals surface area contributed by atoms with Gasteiger partial charge in [-0.1, -0.05) is 23.9 Å². The zero-order valence-electron chi connectivity index (χ0n) is 14.4. The van der Waals surface area contributed by atoms with Crippen LogP contribution >= 0.6 is 11.8 Å². The predicted molar refractivity (Wildman–Crippen MR) is 93.2 cm³/mol. The molecule has 0 radical (unpaired) electrons. The number of carbonyl (C=O) groups excluding carboxylic acids is 2. The second kappa shape index (κ2) is 7.12. The minimum Gasteiger partial charge on any atom is -0.324 e. The number of ketones is 1. The third-order valence-electron chi connectivity index (χ3n) is 3.29. The number of aromatic nitrogens is 4. The lowest BCUT2D eigenvalue weighted by atomic mass is 10.1. The van der Waals surface area contributed by atoms with Crippen LogP contribution < -0.4 is 5.32 Å². The van der Waals surface area contributed by atoms with Gasteiger partial charge >= 0.3 is 0 Å². The molecular formula is C16H21N5O2S. The first-order chi connectivity index (χ1) is 11.2. The standard InChI is InChI=1S/C16H21N5O2S/c1-10(22)12-8-6-7-9-13(12)17-14(23)11(2)24-15-18-19-20-21(15)16(3,4)5/h6-9,11H,1-5H3,(H,17,23)/t11-/m1/s1. The third-order valence-corrected chi connectivity index (χ3v) is 4.32. The maximum atomic E-state index is 12.5. The predicted octanol–water partition coefficient (Wildman–Crippen LogP) is 2.75. The molecule has 0 fully saturated rings. The summed E-state index contributed by atoms with van der Waals surface area (Å²) in [6, 6.07) is 6.95. The lowest BCUT2D eigenvalue weighted by Crippen LogP contribution is -2.27. The van der Waals surface area contributed by atoms with Crippen molar-refractivity contribution in [1.29, 1.82) is 0 Å². The fourth-order valence-corrected chi connectivity index (χ4v) is 2.99. The number of hydrogen-bond donors (Lipinski definition) is 1. The number of nitrogens with one attached hydrogen (secondary N) is 1. The molecule has 1 amide bonds. The van der Waals surface area contributed by atoms with E-state index in [9.17, 15) is 9.59 Å². The number of thioether (sulfide) groups is 1. The highest BCUT2D eigenvalue weighted by Crippen LogP contribution is 2.26. The summed E-state index contributed by atoms with van der Waals surface area (Å²) < 4.78 is 1.69. The Bertz CT molecular complexity index is 751. The monoisotopic (exact) mass is 347 g/mol. The van der Waals surface area contributed by atoms with Gasteiger partial charge in [0.25, 0.3) is 0 Å². The van der Waals surface area contributed by atoms with Crippen LogP contribution in [0.5, 0.6) is 0 Å². The molecule has 1 N–H and O–H groups in total. The summed E-state index contributed by atoms with van der Waals surface area (Å²) in [5.74, 6) is -0.306. The van der Waals surface area contributed by atoms with E-state index < -0.39 is 5.25 Å². The van der Waals surface area contributed by atoms with Crippen LogP contribution in [-0.2, 0) is 10.3 Å². The van der Waals surface area contributed by atoms with E-state index >= 15 is 0 Å². The number of benzene rings is 1. The number of tetrazole rings is 1. The highest BCUT2D eigenvalue weighted by atomic mass is 32.2. The fraction of sp³-hybridized carbons (Fsp3) is 0.438. The number of rotatable bonds is 5. The molecule has 0 unspecified atom stereocenters. The van der Waals surface area contributed by atoms with Crippen LogP contribution in [0.15, 0.2) is 29.4 Å². The molecule has 1 aromatic heterocycles. The van der Waals surface area contributed by atoms with Gasteiger partial charge in [0.1, 0.15) is 0 Å². The number of nitrogens with zero attached hydrogens (tertiary/aromatic N) is 4. The number of carbonyl (C=O) groups is 2. The van der Waals surface area contributed by atoms with Crippen LogP contribution in [0.4, 0.5) is 5.69 Å². The Morgan fingerprint density at radius 2 is 1.92 bits per heavy atom. The van der Waals surface area contributed by atoms with Gasteiger partial charge in [0, 0.05) is 5.56 Å². The van der Waals surface area contributed by atoms with Gasteiger partial charge in [-0.2, -0.15) is 0 Å². The number of para-hydroxylation sites is 1. The fourth-order valence-electron chi connectivity index (χ4n) is 2.02. The highest BCUT2D eigenvalue weighted by molar-refractivity contribution is 8.00. The van der Waals surface area contributed by atoms with Gasteiger partial charge in [-0.05, 0) is 57.2 Å². The molecule has 1 aromatic carbocycles. The van der Waals surface area contributed by atoms with Gasteiger partial charge in [0.05, 0.1) is 16.5 Å². The molecule has 0 saturated heterocycles.